The van der Waals surface area contributed by atoms with Crippen molar-refractivity contribution in [2.24, 2.45) is 0 Å². The van der Waals surface area contributed by atoms with E-state index in [0.29, 0.717) is 5.92 Å². The van der Waals surface area contributed by atoms with Gasteiger partial charge in [0, 0.05) is 61.9 Å². The molecule has 0 spiro atoms. The fourth-order valence-electron chi connectivity index (χ4n) is 9.60. The summed E-state index contributed by atoms with van der Waals surface area (Å²) >= 11 is 0. The van der Waals surface area contributed by atoms with Crippen LogP contribution in [0.2, 0.25) is 19.6 Å². The van der Waals surface area contributed by atoms with Crippen LogP contribution < -0.4 is 14.3 Å². The molecular formula is C60H59IrN3OSi-2. The van der Waals surface area contributed by atoms with Crippen LogP contribution in [0.4, 0.5) is 0 Å². The maximum atomic E-state index is 6.85. The fraction of sp³-hybridized carbons (Fsp3) is 0.183. The molecule has 4 aromatic heterocycles. The summed E-state index contributed by atoms with van der Waals surface area (Å²) in [6.07, 6.45) is 10.8. The molecule has 1 radical (unpaired) electrons. The summed E-state index contributed by atoms with van der Waals surface area (Å²) in [4.78, 5) is 4.46. The van der Waals surface area contributed by atoms with Crippen LogP contribution in [-0.4, -0.2) is 13.1 Å². The zero-order valence-corrected chi connectivity index (χ0v) is 42.4. The normalized spacial score (nSPS) is 13.0. The zero-order valence-electron chi connectivity index (χ0n) is 39.0. The minimum Gasteiger partial charge on any atom is -0.469 e. The minimum atomic E-state index is -1.35. The Balaban J connectivity index is 0.000000192. The van der Waals surface area contributed by atoms with E-state index in [1.165, 1.54) is 65.1 Å². The molecule has 0 N–H and O–H groups in total. The molecule has 1 fully saturated rings. The van der Waals surface area contributed by atoms with Crippen LogP contribution in [0.25, 0.3) is 77.8 Å². The Morgan fingerprint density at radius 2 is 1.23 bits per heavy atom. The number of benzene rings is 5. The predicted octanol–water partition coefficient (Wildman–Crippen LogP) is 14.4. The third-order valence-electron chi connectivity index (χ3n) is 13.1. The first-order valence-electron chi connectivity index (χ1n) is 22.9. The van der Waals surface area contributed by atoms with Crippen molar-refractivity contribution >= 4 is 35.2 Å². The van der Waals surface area contributed by atoms with Gasteiger partial charge in [-0.05, 0) is 79.1 Å². The van der Waals surface area contributed by atoms with E-state index < -0.39 is 8.07 Å². The molecule has 6 heteroatoms. The van der Waals surface area contributed by atoms with Gasteiger partial charge in [0.05, 0.1) is 37.4 Å². The molecule has 5 aromatic carbocycles. The van der Waals surface area contributed by atoms with Gasteiger partial charge in [-0.2, -0.15) is 37.1 Å². The van der Waals surface area contributed by atoms with Crippen LogP contribution in [0.15, 0.2) is 156 Å². The molecule has 0 amide bonds. The Bertz CT molecular complexity index is 3160. The first-order valence-corrected chi connectivity index (χ1v) is 26.4. The van der Waals surface area contributed by atoms with Crippen LogP contribution in [-0.2, 0) is 20.1 Å². The average Bonchev–Trinajstić information content (AvgIpc) is 3.68. The van der Waals surface area contributed by atoms with Crippen molar-refractivity contribution < 1.29 is 33.7 Å². The third-order valence-corrected chi connectivity index (χ3v) is 15.1. The Kier molecular flexibility index (Phi) is 13.5. The predicted molar refractivity (Wildman–Crippen MR) is 274 cm³/mol. The van der Waals surface area contributed by atoms with E-state index in [0.717, 1.165) is 78.1 Å². The Morgan fingerprint density at radius 1 is 0.561 bits per heavy atom. The largest absolute Gasteiger partial charge is 0.469 e. The van der Waals surface area contributed by atoms with Gasteiger partial charge in [-0.15, -0.1) is 17.7 Å². The quantitative estimate of drug-likeness (QED) is 0.0905. The molecule has 1 saturated carbocycles. The summed E-state index contributed by atoms with van der Waals surface area (Å²) in [6, 6.07) is 49.6. The van der Waals surface area contributed by atoms with Crippen molar-refractivity contribution in [1.82, 2.24) is 4.98 Å². The number of hydrogen-bond donors (Lipinski definition) is 0. The second-order valence-corrected chi connectivity index (χ2v) is 24.0. The molecule has 0 aliphatic heterocycles. The number of rotatable bonds is 7. The van der Waals surface area contributed by atoms with E-state index in [2.05, 4.69) is 204 Å². The zero-order chi connectivity index (χ0) is 45.4. The molecule has 1 aliphatic rings. The van der Waals surface area contributed by atoms with Gasteiger partial charge in [-0.25, -0.2) is 0 Å². The van der Waals surface area contributed by atoms with E-state index in [9.17, 15) is 0 Å². The average molecular weight is 1060 g/mol. The summed E-state index contributed by atoms with van der Waals surface area (Å²) in [6.45, 7) is 19.8. The van der Waals surface area contributed by atoms with Gasteiger partial charge in [0.25, 0.3) is 0 Å². The van der Waals surface area contributed by atoms with Crippen LogP contribution in [0, 0.1) is 41.8 Å². The van der Waals surface area contributed by atoms with Gasteiger partial charge in [-0.3, -0.25) is 4.98 Å². The van der Waals surface area contributed by atoms with Crippen molar-refractivity contribution in [2.75, 3.05) is 0 Å². The maximum absolute atomic E-state index is 6.85. The molecule has 0 saturated heterocycles. The van der Waals surface area contributed by atoms with Gasteiger partial charge in [0.15, 0.2) is 0 Å². The second-order valence-electron chi connectivity index (χ2n) is 18.9. The second kappa shape index (κ2) is 19.3. The van der Waals surface area contributed by atoms with Crippen LogP contribution >= 0.6 is 0 Å². The molecule has 4 nitrogen and oxygen atoms in total. The minimum absolute atomic E-state index is 0. The van der Waals surface area contributed by atoms with Crippen LogP contribution in [0.1, 0.15) is 66.1 Å². The number of hydrogen-bond acceptors (Lipinski definition) is 2. The molecule has 0 bridgehead atoms. The molecular weight excluding hydrogens is 999 g/mol. The van der Waals surface area contributed by atoms with Crippen LogP contribution in [0.3, 0.4) is 0 Å². The van der Waals surface area contributed by atoms with E-state index in [1.807, 2.05) is 23.0 Å². The molecule has 4 heterocycles. The van der Waals surface area contributed by atoms with E-state index in [1.54, 1.807) is 0 Å². The molecule has 1 aliphatic carbocycles. The molecule has 10 rings (SSSR count). The molecule has 0 unspecified atom stereocenters. The van der Waals surface area contributed by atoms with Crippen molar-refractivity contribution in [2.45, 2.75) is 71.5 Å². The number of aromatic nitrogens is 3. The monoisotopic (exact) mass is 1060 g/mol. The first kappa shape index (κ1) is 46.2. The van der Waals surface area contributed by atoms with E-state index >= 15 is 0 Å². The smallest absolute Gasteiger partial charge is 0.141 e. The van der Waals surface area contributed by atoms with Crippen molar-refractivity contribution in [3.8, 4) is 55.9 Å². The number of furan rings is 1. The summed E-state index contributed by atoms with van der Waals surface area (Å²) < 4.78 is 10.8. The van der Waals surface area contributed by atoms with E-state index in [4.69, 9.17) is 4.42 Å². The van der Waals surface area contributed by atoms with Crippen molar-refractivity contribution in [1.29, 1.82) is 0 Å². The summed E-state index contributed by atoms with van der Waals surface area (Å²) in [5.41, 5.74) is 18.4. The maximum Gasteiger partial charge on any atom is 0.141 e. The summed E-state index contributed by atoms with van der Waals surface area (Å²) in [5.74, 6) is 0.611. The van der Waals surface area contributed by atoms with Gasteiger partial charge >= 0.3 is 0 Å². The van der Waals surface area contributed by atoms with Gasteiger partial charge < -0.3 is 13.6 Å². The molecule has 335 valence electrons. The van der Waals surface area contributed by atoms with Gasteiger partial charge in [0.2, 0.25) is 0 Å². The summed E-state index contributed by atoms with van der Waals surface area (Å²) in [5, 5.41) is 3.62. The third kappa shape index (κ3) is 9.50. The number of fused-ring (bicyclic) bond motifs is 3. The van der Waals surface area contributed by atoms with Crippen molar-refractivity contribution in [3.05, 3.63) is 208 Å². The Morgan fingerprint density at radius 3 is 1.88 bits per heavy atom. The topological polar surface area (TPSA) is 33.8 Å². The number of aryl methyl sites for hydroxylation is 2. The summed E-state index contributed by atoms with van der Waals surface area (Å²) in [7, 11) is 7.22. The number of nitrogens with zero attached hydrogens (tertiary/aromatic N) is 3. The SMILES string of the molecule is [CH2-]c1cc(-c2cc(C)nc(C)c2)ccc1-c1ccc([Si](C)(C)C)c[n+]1[CH2-].[CH2-]c1ccc2c(oc3c(-c4ccccc4)cc(-c4ccccc4)cc32)c1-c1cc(C2CCCCC2)cc[n+]1[CH2-].[Ir]. The molecule has 9 aromatic rings. The van der Waals surface area contributed by atoms with Gasteiger partial charge in [0.1, 0.15) is 5.58 Å². The fourth-order valence-corrected chi connectivity index (χ4v) is 10.7. The first-order chi connectivity index (χ1) is 31.3. The van der Waals surface area contributed by atoms with Crippen LogP contribution in [0.5, 0.6) is 0 Å². The Labute approximate surface area is 406 Å². The number of pyridine rings is 3. The van der Waals surface area contributed by atoms with Gasteiger partial charge in [-0.1, -0.05) is 152 Å². The van der Waals surface area contributed by atoms with E-state index in [-0.39, 0.29) is 20.1 Å². The molecule has 0 atom stereocenters. The molecule has 66 heavy (non-hydrogen) atoms. The standard InChI is InChI=1S/C37H32NO.C23H27N2Si.Ir/c1-25-18-19-31-33-23-30(27-14-8-4-9-15-27)22-32(28-16-10-5-11-17-28)36(33)39-37(31)35(25)34-24-29(20-21-38(34)2)26-12-6-3-7-13-26;1-16-12-19(20-13-17(2)24-18(3)14-20)8-10-22(16)23-11-9-21(15-25(23)4)26(5,6)7;/h4-5,8-11,14-24,26H,1-3,6-7,12-13H2;8-15H,1,4H2,2-3,5-7H3;/q2*-1;. The van der Waals surface area contributed by atoms with Crippen molar-refractivity contribution in [3.63, 3.8) is 0 Å². The Hall–Kier alpha value is -6.30.